The molecule has 1 aromatic carbocycles. The van der Waals surface area contributed by atoms with Crippen LogP contribution in [0, 0.1) is 31.1 Å². The molecule has 1 aliphatic carbocycles. The van der Waals surface area contributed by atoms with Crippen LogP contribution in [0.25, 0.3) is 0 Å². The molecular weight excluding hydrogens is 312 g/mol. The predicted molar refractivity (Wildman–Crippen MR) is 100 cm³/mol. The van der Waals surface area contributed by atoms with Crippen LogP contribution in [0.3, 0.4) is 0 Å². The number of carbonyl (C=O) groups excluding carboxylic acids is 2. The number of ether oxygens (including phenoxy) is 1. The van der Waals surface area contributed by atoms with Gasteiger partial charge in [-0.05, 0) is 61.5 Å². The lowest BCUT2D eigenvalue weighted by molar-refractivity contribution is -0.145. The second-order valence-corrected chi connectivity index (χ2v) is 8.27. The maximum absolute atomic E-state index is 12.8. The summed E-state index contributed by atoms with van der Waals surface area (Å²) in [5.74, 6) is 1.23. The lowest BCUT2D eigenvalue weighted by atomic mass is 9.62. The Morgan fingerprint density at radius 2 is 1.88 bits per heavy atom. The summed E-state index contributed by atoms with van der Waals surface area (Å²) in [4.78, 5) is 24.8. The molecule has 1 saturated carbocycles. The predicted octanol–water partition coefficient (Wildman–Crippen LogP) is 4.81. The highest BCUT2D eigenvalue weighted by Crippen LogP contribution is 2.47. The number of esters is 1. The number of hydrogen-bond donors (Lipinski definition) is 0. The zero-order chi connectivity index (χ0) is 18.6. The van der Waals surface area contributed by atoms with Crippen molar-refractivity contribution in [2.75, 3.05) is 7.11 Å². The number of methoxy groups -OCH3 is 1. The van der Waals surface area contributed by atoms with Gasteiger partial charge in [0.2, 0.25) is 0 Å². The van der Waals surface area contributed by atoms with E-state index in [0.29, 0.717) is 31.1 Å². The molecule has 1 fully saturated rings. The third-order valence-corrected chi connectivity index (χ3v) is 6.06. The highest BCUT2D eigenvalue weighted by atomic mass is 16.5. The fourth-order valence-corrected chi connectivity index (χ4v) is 4.30. The maximum atomic E-state index is 12.8. The number of Topliss-reactive ketones (excluding diaryl/α,β-unsaturated/α-hetero) is 1. The van der Waals surface area contributed by atoms with Crippen molar-refractivity contribution >= 4 is 11.8 Å². The van der Waals surface area contributed by atoms with Crippen molar-refractivity contribution in [2.24, 2.45) is 17.3 Å². The topological polar surface area (TPSA) is 43.4 Å². The van der Waals surface area contributed by atoms with E-state index in [4.69, 9.17) is 4.74 Å². The molecule has 0 amide bonds. The third kappa shape index (κ3) is 5.17. The minimum Gasteiger partial charge on any atom is -0.469 e. The van der Waals surface area contributed by atoms with Gasteiger partial charge in [0.1, 0.15) is 5.78 Å². The van der Waals surface area contributed by atoms with Gasteiger partial charge in [-0.2, -0.15) is 0 Å². The van der Waals surface area contributed by atoms with Gasteiger partial charge in [0.05, 0.1) is 13.5 Å². The van der Waals surface area contributed by atoms with Gasteiger partial charge < -0.3 is 4.74 Å². The van der Waals surface area contributed by atoms with Gasteiger partial charge in [-0.3, -0.25) is 9.59 Å². The molecule has 1 aliphatic rings. The van der Waals surface area contributed by atoms with Crippen LogP contribution in [0.2, 0.25) is 0 Å². The zero-order valence-electron chi connectivity index (χ0n) is 16.4. The second-order valence-electron chi connectivity index (χ2n) is 8.27. The minimum atomic E-state index is -0.227. The van der Waals surface area contributed by atoms with Crippen molar-refractivity contribution in [3.63, 3.8) is 0 Å². The van der Waals surface area contributed by atoms with Gasteiger partial charge in [-0.1, -0.05) is 37.6 Å². The van der Waals surface area contributed by atoms with Crippen LogP contribution < -0.4 is 0 Å². The average molecular weight is 344 g/mol. The Labute approximate surface area is 152 Å². The molecule has 0 aromatic heterocycles. The Morgan fingerprint density at radius 1 is 1.16 bits per heavy atom. The largest absolute Gasteiger partial charge is 0.469 e. The van der Waals surface area contributed by atoms with Crippen LogP contribution in [0.1, 0.15) is 62.6 Å². The molecule has 0 saturated heterocycles. The SMILES string of the molecule is COC(=O)CC1(CC(=O)Cc2ccc(C)cc2C)CCC(C)C(C)C1. The summed E-state index contributed by atoms with van der Waals surface area (Å²) in [6, 6.07) is 6.24. The van der Waals surface area contributed by atoms with Gasteiger partial charge in [0, 0.05) is 12.8 Å². The summed E-state index contributed by atoms with van der Waals surface area (Å²) < 4.78 is 4.92. The van der Waals surface area contributed by atoms with E-state index in [-0.39, 0.29) is 17.2 Å². The van der Waals surface area contributed by atoms with Crippen LogP contribution in [-0.4, -0.2) is 18.9 Å². The second kappa shape index (κ2) is 8.16. The van der Waals surface area contributed by atoms with E-state index in [0.717, 1.165) is 24.8 Å². The van der Waals surface area contributed by atoms with E-state index in [1.165, 1.54) is 18.2 Å². The van der Waals surface area contributed by atoms with Gasteiger partial charge in [-0.15, -0.1) is 0 Å². The molecule has 25 heavy (non-hydrogen) atoms. The van der Waals surface area contributed by atoms with E-state index < -0.39 is 0 Å². The average Bonchev–Trinajstić information content (AvgIpc) is 2.54. The van der Waals surface area contributed by atoms with Crippen LogP contribution in [0.4, 0.5) is 0 Å². The first-order chi connectivity index (χ1) is 11.7. The molecule has 138 valence electrons. The highest BCUT2D eigenvalue weighted by Gasteiger charge is 2.41. The highest BCUT2D eigenvalue weighted by molar-refractivity contribution is 5.83. The monoisotopic (exact) mass is 344 g/mol. The summed E-state index contributed by atoms with van der Waals surface area (Å²) in [5.41, 5.74) is 3.25. The quantitative estimate of drug-likeness (QED) is 0.696. The van der Waals surface area contributed by atoms with Crippen LogP contribution >= 0.6 is 0 Å². The Hall–Kier alpha value is -1.64. The first-order valence-corrected chi connectivity index (χ1v) is 9.39. The van der Waals surface area contributed by atoms with Crippen molar-refractivity contribution < 1.29 is 14.3 Å². The number of aryl methyl sites for hydroxylation is 2. The van der Waals surface area contributed by atoms with Crippen molar-refractivity contribution in [2.45, 2.75) is 66.2 Å². The van der Waals surface area contributed by atoms with E-state index in [9.17, 15) is 9.59 Å². The van der Waals surface area contributed by atoms with Crippen molar-refractivity contribution in [1.82, 2.24) is 0 Å². The van der Waals surface area contributed by atoms with E-state index >= 15 is 0 Å². The van der Waals surface area contributed by atoms with Gasteiger partial charge in [0.15, 0.2) is 0 Å². The first kappa shape index (κ1) is 19.7. The zero-order valence-corrected chi connectivity index (χ0v) is 16.4. The minimum absolute atomic E-state index is 0.193. The van der Waals surface area contributed by atoms with E-state index in [2.05, 4.69) is 45.9 Å². The smallest absolute Gasteiger partial charge is 0.306 e. The lowest BCUT2D eigenvalue weighted by Crippen LogP contribution is -2.36. The Kier molecular flexibility index (Phi) is 6.42. The molecule has 3 nitrogen and oxygen atoms in total. The third-order valence-electron chi connectivity index (χ3n) is 6.06. The molecule has 0 N–H and O–H groups in total. The molecule has 0 bridgehead atoms. The number of benzene rings is 1. The molecular formula is C22H32O3. The summed E-state index contributed by atoms with van der Waals surface area (Å²) in [7, 11) is 1.43. The fourth-order valence-electron chi connectivity index (χ4n) is 4.30. The number of hydrogen-bond acceptors (Lipinski definition) is 3. The van der Waals surface area contributed by atoms with Gasteiger partial charge >= 0.3 is 5.97 Å². The molecule has 3 atom stereocenters. The summed E-state index contributed by atoms with van der Waals surface area (Å²) in [6.07, 6.45) is 4.24. The fraction of sp³-hybridized carbons (Fsp3) is 0.636. The summed E-state index contributed by atoms with van der Waals surface area (Å²) in [6.45, 7) is 8.63. The Bertz CT molecular complexity index is 634. The van der Waals surface area contributed by atoms with Crippen molar-refractivity contribution in [1.29, 1.82) is 0 Å². The lowest BCUT2D eigenvalue weighted by Gasteiger charge is -2.42. The van der Waals surface area contributed by atoms with Crippen molar-refractivity contribution in [3.05, 3.63) is 34.9 Å². The Balaban J connectivity index is 2.12. The normalized spacial score (nSPS) is 26.3. The standard InChI is InChI=1S/C22H32O3/c1-15-6-7-19(17(3)10-15)11-20(23)13-22(14-21(24)25-5)9-8-16(2)18(4)12-22/h6-7,10,16,18H,8-9,11-14H2,1-5H3. The molecule has 2 rings (SSSR count). The molecule has 0 radical (unpaired) electrons. The molecule has 0 spiro atoms. The summed E-state index contributed by atoms with van der Waals surface area (Å²) >= 11 is 0. The molecule has 0 heterocycles. The van der Waals surface area contributed by atoms with Crippen LogP contribution in [0.15, 0.2) is 18.2 Å². The maximum Gasteiger partial charge on any atom is 0.306 e. The molecule has 0 aliphatic heterocycles. The van der Waals surface area contributed by atoms with Gasteiger partial charge in [0.25, 0.3) is 0 Å². The number of carbonyl (C=O) groups is 2. The van der Waals surface area contributed by atoms with E-state index in [1.807, 2.05) is 0 Å². The number of ketones is 1. The van der Waals surface area contributed by atoms with Crippen LogP contribution in [0.5, 0.6) is 0 Å². The van der Waals surface area contributed by atoms with Gasteiger partial charge in [-0.25, -0.2) is 0 Å². The van der Waals surface area contributed by atoms with E-state index in [1.54, 1.807) is 0 Å². The Morgan fingerprint density at radius 3 is 2.48 bits per heavy atom. The van der Waals surface area contributed by atoms with Crippen molar-refractivity contribution in [3.8, 4) is 0 Å². The molecule has 1 aromatic rings. The summed E-state index contributed by atoms with van der Waals surface area (Å²) in [5, 5.41) is 0. The molecule has 3 unspecified atom stereocenters. The number of rotatable bonds is 6. The molecule has 3 heteroatoms. The first-order valence-electron chi connectivity index (χ1n) is 9.39. The van der Waals surface area contributed by atoms with Crippen LogP contribution in [-0.2, 0) is 20.7 Å².